The molecule has 0 radical (unpaired) electrons. The fraction of sp³-hybridized carbons (Fsp3) is 0.467. The summed E-state index contributed by atoms with van der Waals surface area (Å²) in [5.74, 6) is -1.48. The van der Waals surface area contributed by atoms with E-state index >= 15 is 0 Å². The smallest absolute Gasteiger partial charge is 0.225 e. The van der Waals surface area contributed by atoms with Crippen LogP contribution in [0.5, 0.6) is 0 Å². The van der Waals surface area contributed by atoms with Crippen molar-refractivity contribution >= 4 is 32.6 Å². The van der Waals surface area contributed by atoms with E-state index in [2.05, 4.69) is 18.8 Å². The standard InChI is InChI=1S/C15H19F2N3OS/c1-4-19(5-2)6-7-20(10(3)21)15-18-14-12(17)8-11(16)9-13(14)22-15/h8-9H,4-7H2,1-3H3/p+1. The van der Waals surface area contributed by atoms with Gasteiger partial charge in [0.05, 0.1) is 30.9 Å². The Morgan fingerprint density at radius 3 is 2.59 bits per heavy atom. The highest BCUT2D eigenvalue weighted by Crippen LogP contribution is 2.31. The molecule has 0 fully saturated rings. The number of benzene rings is 1. The van der Waals surface area contributed by atoms with Crippen LogP contribution in [0.4, 0.5) is 13.9 Å². The highest BCUT2D eigenvalue weighted by atomic mass is 32.1. The van der Waals surface area contributed by atoms with Gasteiger partial charge in [0.2, 0.25) is 5.91 Å². The highest BCUT2D eigenvalue weighted by Gasteiger charge is 2.20. The topological polar surface area (TPSA) is 37.6 Å². The third-order valence-corrected chi connectivity index (χ3v) is 4.73. The van der Waals surface area contributed by atoms with Gasteiger partial charge < -0.3 is 4.90 Å². The van der Waals surface area contributed by atoms with Crippen LogP contribution in [0.15, 0.2) is 12.1 Å². The van der Waals surface area contributed by atoms with Gasteiger partial charge in [0.15, 0.2) is 10.9 Å². The minimum absolute atomic E-state index is 0.114. The van der Waals surface area contributed by atoms with Crippen LogP contribution in [0.3, 0.4) is 0 Å². The number of nitrogens with zero attached hydrogens (tertiary/aromatic N) is 2. The molecule has 0 aliphatic rings. The van der Waals surface area contributed by atoms with E-state index < -0.39 is 11.6 Å². The fourth-order valence-corrected chi connectivity index (χ4v) is 3.40. The number of hydrogen-bond acceptors (Lipinski definition) is 3. The number of carbonyl (C=O) groups is 1. The van der Waals surface area contributed by atoms with Crippen molar-refractivity contribution in [3.8, 4) is 0 Å². The lowest BCUT2D eigenvalue weighted by Crippen LogP contribution is -3.12. The molecule has 0 saturated heterocycles. The number of fused-ring (bicyclic) bond motifs is 1. The van der Waals surface area contributed by atoms with Crippen molar-refractivity contribution in [2.45, 2.75) is 20.8 Å². The number of carbonyl (C=O) groups excluding carboxylic acids is 1. The Bertz CT molecular complexity index is 670. The van der Waals surface area contributed by atoms with Crippen LogP contribution in [-0.2, 0) is 4.79 Å². The van der Waals surface area contributed by atoms with Gasteiger partial charge in [-0.05, 0) is 19.9 Å². The maximum Gasteiger partial charge on any atom is 0.225 e. The monoisotopic (exact) mass is 328 g/mol. The molecule has 4 nitrogen and oxygen atoms in total. The second kappa shape index (κ2) is 7.11. The largest absolute Gasteiger partial charge is 0.334 e. The van der Waals surface area contributed by atoms with Gasteiger partial charge in [0, 0.05) is 13.0 Å². The molecule has 120 valence electrons. The number of thiazole rings is 1. The summed E-state index contributed by atoms with van der Waals surface area (Å²) in [5, 5.41) is 0.415. The molecule has 22 heavy (non-hydrogen) atoms. The van der Waals surface area contributed by atoms with E-state index in [4.69, 9.17) is 0 Å². The van der Waals surface area contributed by atoms with Crippen LogP contribution in [0, 0.1) is 11.6 Å². The van der Waals surface area contributed by atoms with Crippen molar-refractivity contribution in [2.24, 2.45) is 0 Å². The van der Waals surface area contributed by atoms with E-state index in [1.807, 2.05) is 0 Å². The van der Waals surface area contributed by atoms with E-state index in [9.17, 15) is 13.6 Å². The predicted molar refractivity (Wildman–Crippen MR) is 84.5 cm³/mol. The summed E-state index contributed by atoms with van der Waals surface area (Å²) in [5.41, 5.74) is 0.114. The lowest BCUT2D eigenvalue weighted by Gasteiger charge is -2.21. The number of halogens is 2. The molecule has 0 atom stereocenters. The minimum atomic E-state index is -0.699. The fourth-order valence-electron chi connectivity index (χ4n) is 2.32. The number of likely N-dealkylation sites (N-methyl/N-ethyl adjacent to an activating group) is 1. The second-order valence-corrected chi connectivity index (χ2v) is 6.12. The zero-order chi connectivity index (χ0) is 16.3. The van der Waals surface area contributed by atoms with Crippen LogP contribution in [0.2, 0.25) is 0 Å². The molecule has 2 aromatic rings. The molecule has 1 heterocycles. The maximum atomic E-state index is 13.7. The van der Waals surface area contributed by atoms with E-state index in [1.165, 1.54) is 22.8 Å². The molecule has 0 bridgehead atoms. The van der Waals surface area contributed by atoms with Crippen LogP contribution in [-0.4, -0.2) is 37.1 Å². The molecule has 0 saturated carbocycles. The zero-order valence-corrected chi connectivity index (χ0v) is 13.8. The third kappa shape index (κ3) is 3.59. The van der Waals surface area contributed by atoms with Crippen LogP contribution in [0.1, 0.15) is 20.8 Å². The minimum Gasteiger partial charge on any atom is -0.334 e. The molecule has 0 aliphatic carbocycles. The van der Waals surface area contributed by atoms with Crippen molar-refractivity contribution < 1.29 is 18.5 Å². The Morgan fingerprint density at radius 2 is 2.00 bits per heavy atom. The maximum absolute atomic E-state index is 13.7. The predicted octanol–water partition coefficient (Wildman–Crippen LogP) is 1.85. The van der Waals surface area contributed by atoms with Gasteiger partial charge in [-0.3, -0.25) is 9.69 Å². The van der Waals surface area contributed by atoms with Crippen molar-refractivity contribution in [3.05, 3.63) is 23.8 Å². The number of anilines is 1. The normalized spacial score (nSPS) is 11.4. The number of quaternary nitrogens is 1. The summed E-state index contributed by atoms with van der Waals surface area (Å²) >= 11 is 1.13. The van der Waals surface area contributed by atoms with Crippen LogP contribution >= 0.6 is 11.3 Å². The molecule has 7 heteroatoms. The van der Waals surface area contributed by atoms with Gasteiger partial charge in [-0.2, -0.15) is 0 Å². The summed E-state index contributed by atoms with van der Waals surface area (Å²) in [6.45, 7) is 8.89. The van der Waals surface area contributed by atoms with E-state index in [0.29, 0.717) is 16.4 Å². The Hall–Kier alpha value is -1.60. The average Bonchev–Trinajstić information content (AvgIpc) is 2.87. The van der Waals surface area contributed by atoms with Gasteiger partial charge in [-0.1, -0.05) is 11.3 Å². The molecular formula is C15H20F2N3OS+. The van der Waals surface area contributed by atoms with Crippen molar-refractivity contribution in [3.63, 3.8) is 0 Å². The summed E-state index contributed by atoms with van der Waals surface area (Å²) < 4.78 is 27.4. The van der Waals surface area contributed by atoms with Gasteiger partial charge in [0.1, 0.15) is 11.3 Å². The molecule has 0 unspecified atom stereocenters. The first-order chi connectivity index (χ1) is 10.5. The molecule has 1 aromatic carbocycles. The van der Waals surface area contributed by atoms with Gasteiger partial charge in [0.25, 0.3) is 0 Å². The zero-order valence-electron chi connectivity index (χ0n) is 12.9. The average molecular weight is 328 g/mol. The Balaban J connectivity index is 2.29. The number of rotatable bonds is 6. The molecule has 2 rings (SSSR count). The second-order valence-electron chi connectivity index (χ2n) is 5.11. The SMILES string of the molecule is CC[NH+](CC)CCN(C(C)=O)c1nc2c(F)cc(F)cc2s1. The molecule has 1 amide bonds. The lowest BCUT2D eigenvalue weighted by atomic mass is 10.3. The third-order valence-electron chi connectivity index (χ3n) is 3.70. The van der Waals surface area contributed by atoms with E-state index in [-0.39, 0.29) is 11.4 Å². The summed E-state index contributed by atoms with van der Waals surface area (Å²) in [6, 6.07) is 2.05. The first-order valence-electron chi connectivity index (χ1n) is 7.33. The highest BCUT2D eigenvalue weighted by molar-refractivity contribution is 7.22. The van der Waals surface area contributed by atoms with Gasteiger partial charge in [-0.25, -0.2) is 13.8 Å². The van der Waals surface area contributed by atoms with Gasteiger partial charge in [-0.15, -0.1) is 0 Å². The molecule has 1 N–H and O–H groups in total. The number of aromatic nitrogens is 1. The van der Waals surface area contributed by atoms with E-state index in [1.54, 1.807) is 0 Å². The molecular weight excluding hydrogens is 308 g/mol. The van der Waals surface area contributed by atoms with E-state index in [0.717, 1.165) is 37.0 Å². The quantitative estimate of drug-likeness (QED) is 0.879. The van der Waals surface area contributed by atoms with Crippen molar-refractivity contribution in [1.29, 1.82) is 0 Å². The lowest BCUT2D eigenvalue weighted by molar-refractivity contribution is -0.894. The molecule has 0 spiro atoms. The Labute approximate surface area is 132 Å². The van der Waals surface area contributed by atoms with Crippen molar-refractivity contribution in [1.82, 2.24) is 4.98 Å². The van der Waals surface area contributed by atoms with Crippen molar-refractivity contribution in [2.75, 3.05) is 31.1 Å². The van der Waals surface area contributed by atoms with Crippen LogP contribution in [0.25, 0.3) is 10.2 Å². The van der Waals surface area contributed by atoms with Crippen LogP contribution < -0.4 is 9.80 Å². The summed E-state index contributed by atoms with van der Waals surface area (Å²) in [4.78, 5) is 19.0. The Kier molecular flexibility index (Phi) is 5.42. The number of amides is 1. The first-order valence-corrected chi connectivity index (χ1v) is 8.15. The molecule has 1 aromatic heterocycles. The number of hydrogen-bond donors (Lipinski definition) is 1. The van der Waals surface area contributed by atoms with Gasteiger partial charge >= 0.3 is 0 Å². The Morgan fingerprint density at radius 1 is 1.32 bits per heavy atom. The summed E-state index contributed by atoms with van der Waals surface area (Å²) in [7, 11) is 0. The summed E-state index contributed by atoms with van der Waals surface area (Å²) in [6.07, 6.45) is 0. The number of nitrogens with one attached hydrogen (secondary N) is 1. The molecule has 0 aliphatic heterocycles. The first kappa shape index (κ1) is 16.8.